The fourth-order valence-corrected chi connectivity index (χ4v) is 3.62. The lowest BCUT2D eigenvalue weighted by atomic mass is 10.0. The van der Waals surface area contributed by atoms with Gasteiger partial charge < -0.3 is 13.9 Å². The first-order valence-electron chi connectivity index (χ1n) is 8.88. The summed E-state index contributed by atoms with van der Waals surface area (Å²) in [5, 5.41) is 9.52. The Morgan fingerprint density at radius 1 is 1.19 bits per heavy atom. The zero-order valence-electron chi connectivity index (χ0n) is 14.7. The molecule has 2 atom stereocenters. The molecule has 0 spiro atoms. The predicted octanol–water partition coefficient (Wildman–Crippen LogP) is 4.62. The molecule has 0 radical (unpaired) electrons. The molecule has 26 heavy (non-hydrogen) atoms. The third-order valence-corrected chi connectivity index (χ3v) is 5.02. The Morgan fingerprint density at radius 2 is 2.00 bits per heavy atom. The largest absolute Gasteiger partial charge is 0.478 e. The van der Waals surface area contributed by atoms with E-state index in [0.717, 1.165) is 30.1 Å². The topological polar surface area (TPSA) is 80.7 Å². The average Bonchev–Trinajstić information content (AvgIpc) is 3.30. The Labute approximate surface area is 150 Å². The van der Waals surface area contributed by atoms with Gasteiger partial charge in [-0.15, -0.1) is 0 Å². The van der Waals surface area contributed by atoms with Crippen LogP contribution in [-0.2, 0) is 6.42 Å². The molecule has 1 saturated carbocycles. The molecule has 134 valence electrons. The van der Waals surface area contributed by atoms with Crippen LogP contribution in [0, 0.1) is 6.92 Å². The van der Waals surface area contributed by atoms with Crippen LogP contribution in [-0.4, -0.2) is 11.1 Å². The molecular formula is C21H20O5. The van der Waals surface area contributed by atoms with Crippen LogP contribution >= 0.6 is 0 Å². The van der Waals surface area contributed by atoms with Crippen LogP contribution in [0.15, 0.2) is 44.0 Å². The van der Waals surface area contributed by atoms with Gasteiger partial charge in [0.1, 0.15) is 22.9 Å². The Kier molecular flexibility index (Phi) is 3.94. The van der Waals surface area contributed by atoms with E-state index in [1.54, 1.807) is 6.07 Å². The summed E-state index contributed by atoms with van der Waals surface area (Å²) in [6.45, 7) is 3.93. The number of carboxylic acids is 1. The van der Waals surface area contributed by atoms with E-state index in [9.17, 15) is 14.7 Å². The summed E-state index contributed by atoms with van der Waals surface area (Å²) in [5.74, 6) is 1.85. The highest BCUT2D eigenvalue weighted by Crippen LogP contribution is 2.55. The van der Waals surface area contributed by atoms with Gasteiger partial charge in [-0.1, -0.05) is 13.3 Å². The number of aryl methyl sites for hydroxylation is 1. The van der Waals surface area contributed by atoms with Crippen LogP contribution < -0.4 is 5.43 Å². The monoisotopic (exact) mass is 352 g/mol. The van der Waals surface area contributed by atoms with E-state index >= 15 is 0 Å². The normalized spacial score (nSPS) is 19.0. The Morgan fingerprint density at radius 3 is 2.65 bits per heavy atom. The third-order valence-electron chi connectivity index (χ3n) is 5.02. The molecule has 1 aromatic carbocycles. The van der Waals surface area contributed by atoms with Crippen molar-refractivity contribution < 1.29 is 18.7 Å². The second-order valence-corrected chi connectivity index (χ2v) is 6.94. The molecule has 1 aliphatic rings. The third kappa shape index (κ3) is 2.73. The van der Waals surface area contributed by atoms with Gasteiger partial charge in [-0.2, -0.15) is 0 Å². The van der Waals surface area contributed by atoms with Gasteiger partial charge in [0.05, 0.1) is 10.9 Å². The van der Waals surface area contributed by atoms with Crippen LogP contribution in [0.4, 0.5) is 0 Å². The van der Waals surface area contributed by atoms with Gasteiger partial charge in [0, 0.05) is 17.4 Å². The zero-order valence-corrected chi connectivity index (χ0v) is 14.7. The van der Waals surface area contributed by atoms with E-state index in [1.807, 2.05) is 26.0 Å². The van der Waals surface area contributed by atoms with Gasteiger partial charge in [-0.05, 0) is 50.1 Å². The molecule has 5 nitrogen and oxygen atoms in total. The Bertz CT molecular complexity index is 1060. The van der Waals surface area contributed by atoms with Gasteiger partial charge in [0.15, 0.2) is 5.43 Å². The molecule has 0 bridgehead atoms. The van der Waals surface area contributed by atoms with Crippen molar-refractivity contribution in [2.75, 3.05) is 0 Å². The number of hydrogen-bond donors (Lipinski definition) is 1. The minimum atomic E-state index is -1.05. The summed E-state index contributed by atoms with van der Waals surface area (Å²) < 4.78 is 11.8. The lowest BCUT2D eigenvalue weighted by Crippen LogP contribution is -2.13. The van der Waals surface area contributed by atoms with E-state index in [-0.39, 0.29) is 22.8 Å². The van der Waals surface area contributed by atoms with Crippen molar-refractivity contribution >= 4 is 16.9 Å². The summed E-state index contributed by atoms with van der Waals surface area (Å²) >= 11 is 0. The molecule has 0 amide bonds. The Balaban J connectivity index is 1.82. The van der Waals surface area contributed by atoms with Crippen molar-refractivity contribution in [2.45, 2.75) is 44.9 Å². The molecule has 2 aromatic heterocycles. The number of fused-ring (bicyclic) bond motifs is 1. The first-order valence-corrected chi connectivity index (χ1v) is 8.88. The van der Waals surface area contributed by atoms with Gasteiger partial charge in [-0.25, -0.2) is 4.79 Å². The second-order valence-electron chi connectivity index (χ2n) is 6.94. The highest BCUT2D eigenvalue weighted by Gasteiger charge is 2.45. The summed E-state index contributed by atoms with van der Waals surface area (Å²) in [6, 6.07) is 8.39. The summed E-state index contributed by atoms with van der Waals surface area (Å²) in [7, 11) is 0. The molecule has 4 rings (SSSR count). The first kappa shape index (κ1) is 16.6. The fraction of sp³-hybridized carbons (Fsp3) is 0.333. The highest BCUT2D eigenvalue weighted by atomic mass is 16.4. The highest BCUT2D eigenvalue weighted by molar-refractivity contribution is 5.92. The molecule has 1 fully saturated rings. The lowest BCUT2D eigenvalue weighted by Gasteiger charge is -2.09. The molecule has 0 aliphatic heterocycles. The van der Waals surface area contributed by atoms with Crippen molar-refractivity contribution in [3.05, 3.63) is 69.0 Å². The van der Waals surface area contributed by atoms with Crippen LogP contribution in [0.2, 0.25) is 0 Å². The van der Waals surface area contributed by atoms with Crippen molar-refractivity contribution in [3.8, 4) is 0 Å². The minimum Gasteiger partial charge on any atom is -0.478 e. The van der Waals surface area contributed by atoms with Crippen molar-refractivity contribution in [1.29, 1.82) is 0 Å². The van der Waals surface area contributed by atoms with Crippen LogP contribution in [0.3, 0.4) is 0 Å². The van der Waals surface area contributed by atoms with Crippen molar-refractivity contribution in [3.63, 3.8) is 0 Å². The molecule has 3 aromatic rings. The maximum atomic E-state index is 13.0. The second kappa shape index (κ2) is 6.16. The van der Waals surface area contributed by atoms with Crippen LogP contribution in [0.25, 0.3) is 11.0 Å². The maximum absolute atomic E-state index is 13.0. The number of furan rings is 1. The van der Waals surface area contributed by atoms with Crippen molar-refractivity contribution in [1.82, 2.24) is 0 Å². The number of carbonyl (C=O) groups is 1. The first-order chi connectivity index (χ1) is 12.5. The molecule has 5 heteroatoms. The van der Waals surface area contributed by atoms with E-state index in [2.05, 4.69) is 0 Å². The smallest absolute Gasteiger partial charge is 0.335 e. The Hall–Kier alpha value is -2.82. The van der Waals surface area contributed by atoms with Crippen LogP contribution in [0.1, 0.15) is 64.8 Å². The lowest BCUT2D eigenvalue weighted by molar-refractivity contribution is 0.0697. The maximum Gasteiger partial charge on any atom is 0.335 e. The predicted molar refractivity (Wildman–Crippen MR) is 97.0 cm³/mol. The number of hydrogen-bond acceptors (Lipinski definition) is 4. The number of benzene rings is 1. The van der Waals surface area contributed by atoms with Crippen LogP contribution in [0.5, 0.6) is 0 Å². The molecule has 2 heterocycles. The van der Waals surface area contributed by atoms with Gasteiger partial charge in [0.2, 0.25) is 0 Å². The van der Waals surface area contributed by atoms with E-state index in [1.165, 1.54) is 12.1 Å². The minimum absolute atomic E-state index is 0.0929. The zero-order chi connectivity index (χ0) is 18.4. The average molecular weight is 352 g/mol. The summed E-state index contributed by atoms with van der Waals surface area (Å²) in [5.41, 5.74) is 1.08. The van der Waals surface area contributed by atoms with Gasteiger partial charge >= 0.3 is 5.97 Å². The molecular weight excluding hydrogens is 332 g/mol. The van der Waals surface area contributed by atoms with E-state index in [0.29, 0.717) is 23.0 Å². The number of aromatic carboxylic acids is 1. The van der Waals surface area contributed by atoms with E-state index < -0.39 is 5.97 Å². The fourth-order valence-electron chi connectivity index (χ4n) is 3.62. The van der Waals surface area contributed by atoms with Gasteiger partial charge in [-0.3, -0.25) is 4.79 Å². The number of carboxylic acid groups (broad SMARTS) is 1. The summed E-state index contributed by atoms with van der Waals surface area (Å²) in [6.07, 6.45) is 2.33. The standard InChI is InChI=1S/C21H20O5/c1-3-4-13-19(22)16-9-12(21(23)24)6-8-18(16)26-20(13)15-10-14(15)17-7-5-11(2)25-17/h5-9,14-15H,3-4,10H2,1-2H3,(H,23,24)/t14-,15-/m1/s1. The molecule has 0 unspecified atom stereocenters. The summed E-state index contributed by atoms with van der Waals surface area (Å²) in [4.78, 5) is 24.2. The molecule has 1 N–H and O–H groups in total. The molecule has 0 saturated heterocycles. The SMILES string of the molecule is CCCc1c([C@@H]2C[C@H]2c2ccc(C)o2)oc2ccc(C(=O)O)cc2c1=O. The van der Waals surface area contributed by atoms with E-state index in [4.69, 9.17) is 8.83 Å². The quantitative estimate of drug-likeness (QED) is 0.725. The van der Waals surface area contributed by atoms with Gasteiger partial charge in [0.25, 0.3) is 0 Å². The number of rotatable bonds is 5. The van der Waals surface area contributed by atoms with Crippen molar-refractivity contribution in [2.24, 2.45) is 0 Å². The molecule has 1 aliphatic carbocycles.